The second-order valence-electron chi connectivity index (χ2n) is 6.35. The second kappa shape index (κ2) is 7.34. The number of aromatic amines is 1. The highest BCUT2D eigenvalue weighted by Crippen LogP contribution is 2.19. The molecule has 3 rings (SSSR count). The minimum atomic E-state index is -0.793. The Kier molecular flexibility index (Phi) is 4.97. The van der Waals surface area contributed by atoms with Crippen molar-refractivity contribution in [2.75, 3.05) is 10.6 Å². The summed E-state index contributed by atoms with van der Waals surface area (Å²) in [6.07, 6.45) is 0.207. The lowest BCUT2D eigenvalue weighted by Gasteiger charge is -2.13. The zero-order chi connectivity index (χ0) is 18.7. The first-order chi connectivity index (χ1) is 12.4. The van der Waals surface area contributed by atoms with Gasteiger partial charge in [-0.05, 0) is 18.6 Å². The summed E-state index contributed by atoms with van der Waals surface area (Å²) in [5.74, 6) is 0.00715. The minimum absolute atomic E-state index is 0.0419. The first-order valence-electron chi connectivity index (χ1n) is 8.37. The summed E-state index contributed by atoms with van der Waals surface area (Å²) >= 11 is 0. The van der Waals surface area contributed by atoms with Crippen LogP contribution in [0.15, 0.2) is 24.3 Å². The number of hydrogen-bond acceptors (Lipinski definition) is 5. The van der Waals surface area contributed by atoms with Crippen LogP contribution in [-0.2, 0) is 9.59 Å². The maximum Gasteiger partial charge on any atom is 0.254 e. The van der Waals surface area contributed by atoms with Crippen LogP contribution in [-0.4, -0.2) is 38.9 Å². The summed E-state index contributed by atoms with van der Waals surface area (Å²) in [5, 5.41) is 14.6. The number of nitrogens with one attached hydrogen (secondary N) is 4. The van der Waals surface area contributed by atoms with Crippen LogP contribution >= 0.6 is 0 Å². The molecule has 1 aliphatic rings. The lowest BCUT2D eigenvalue weighted by Crippen LogP contribution is -2.41. The molecule has 26 heavy (non-hydrogen) atoms. The fraction of sp³-hybridized carbons (Fsp3) is 0.353. The summed E-state index contributed by atoms with van der Waals surface area (Å²) in [5.41, 5.74) is 0.860. The molecule has 1 aromatic heterocycles. The molecule has 0 saturated heterocycles. The number of para-hydroxylation sites is 1. The standard InChI is InChI=1S/C17H20N6O3/c1-9(2)14-21-17(23-22-14)20-13(24)8-7-12-16(26)18-11-6-4-3-5-10(11)15(25)19-12/h3-6,9,12H,7-8H2,1-2H3,(H,18,26)(H,19,25)(H2,20,21,22,23,24)/t12-/m0/s1. The predicted octanol–water partition coefficient (Wildman–Crippen LogP) is 1.40. The molecular formula is C17H20N6O3. The number of amides is 3. The number of carbonyl (C=O) groups excluding carboxylic acids is 3. The Bertz CT molecular complexity index is 845. The Morgan fingerprint density at radius 3 is 2.77 bits per heavy atom. The topological polar surface area (TPSA) is 129 Å². The number of rotatable bonds is 5. The average Bonchev–Trinajstić information content (AvgIpc) is 3.02. The molecule has 0 fully saturated rings. The molecule has 0 spiro atoms. The van der Waals surface area contributed by atoms with Crippen molar-refractivity contribution in [2.24, 2.45) is 0 Å². The van der Waals surface area contributed by atoms with E-state index < -0.39 is 6.04 Å². The van der Waals surface area contributed by atoms with E-state index in [0.29, 0.717) is 17.1 Å². The van der Waals surface area contributed by atoms with Crippen molar-refractivity contribution in [3.63, 3.8) is 0 Å². The van der Waals surface area contributed by atoms with E-state index in [0.717, 1.165) is 0 Å². The fourth-order valence-corrected chi connectivity index (χ4v) is 2.57. The van der Waals surface area contributed by atoms with Crippen LogP contribution in [0, 0.1) is 0 Å². The highest BCUT2D eigenvalue weighted by Gasteiger charge is 2.27. The molecule has 1 atom stereocenters. The van der Waals surface area contributed by atoms with Gasteiger partial charge in [-0.15, -0.1) is 5.10 Å². The van der Waals surface area contributed by atoms with Crippen LogP contribution in [0.3, 0.4) is 0 Å². The molecule has 1 aliphatic heterocycles. The minimum Gasteiger partial charge on any atom is -0.340 e. The third kappa shape index (κ3) is 3.88. The van der Waals surface area contributed by atoms with E-state index >= 15 is 0 Å². The third-order valence-corrected chi connectivity index (χ3v) is 4.01. The van der Waals surface area contributed by atoms with Crippen molar-refractivity contribution in [3.8, 4) is 0 Å². The SMILES string of the molecule is CC(C)c1nc(NC(=O)CC[C@@H]2NC(=O)c3ccccc3NC2=O)n[nH]1. The number of hydrogen-bond donors (Lipinski definition) is 4. The van der Waals surface area contributed by atoms with Crippen molar-refractivity contribution in [2.45, 2.75) is 38.6 Å². The molecule has 136 valence electrons. The van der Waals surface area contributed by atoms with E-state index in [1.165, 1.54) is 0 Å². The first kappa shape index (κ1) is 17.6. The molecule has 2 heterocycles. The molecule has 1 aromatic carbocycles. The largest absolute Gasteiger partial charge is 0.340 e. The number of benzene rings is 1. The lowest BCUT2D eigenvalue weighted by molar-refractivity contribution is -0.118. The van der Waals surface area contributed by atoms with Gasteiger partial charge in [0.15, 0.2) is 0 Å². The summed E-state index contributed by atoms with van der Waals surface area (Å²) in [6.45, 7) is 3.91. The van der Waals surface area contributed by atoms with Crippen molar-refractivity contribution in [1.29, 1.82) is 0 Å². The van der Waals surface area contributed by atoms with Gasteiger partial charge in [-0.2, -0.15) is 4.98 Å². The monoisotopic (exact) mass is 356 g/mol. The number of fused-ring (bicyclic) bond motifs is 1. The molecule has 0 bridgehead atoms. The quantitative estimate of drug-likeness (QED) is 0.643. The molecule has 4 N–H and O–H groups in total. The lowest BCUT2D eigenvalue weighted by atomic mass is 10.1. The van der Waals surface area contributed by atoms with Crippen LogP contribution in [0.2, 0.25) is 0 Å². The van der Waals surface area contributed by atoms with Gasteiger partial charge in [0, 0.05) is 12.3 Å². The van der Waals surface area contributed by atoms with Crippen LogP contribution in [0.4, 0.5) is 11.6 Å². The maximum atomic E-state index is 12.3. The van der Waals surface area contributed by atoms with Crippen molar-refractivity contribution in [3.05, 3.63) is 35.7 Å². The van der Waals surface area contributed by atoms with E-state index in [-0.39, 0.29) is 42.4 Å². The van der Waals surface area contributed by atoms with Gasteiger partial charge in [-0.1, -0.05) is 26.0 Å². The van der Waals surface area contributed by atoms with E-state index in [1.807, 2.05) is 13.8 Å². The normalized spacial score (nSPS) is 16.5. The van der Waals surface area contributed by atoms with Gasteiger partial charge >= 0.3 is 0 Å². The van der Waals surface area contributed by atoms with E-state index in [4.69, 9.17) is 0 Å². The summed E-state index contributed by atoms with van der Waals surface area (Å²) in [6, 6.07) is 5.97. The number of nitrogens with zero attached hydrogens (tertiary/aromatic N) is 2. The van der Waals surface area contributed by atoms with Gasteiger partial charge in [-0.25, -0.2) is 0 Å². The van der Waals surface area contributed by atoms with Crippen LogP contribution < -0.4 is 16.0 Å². The Hall–Kier alpha value is -3.23. The predicted molar refractivity (Wildman–Crippen MR) is 94.7 cm³/mol. The molecule has 0 radical (unpaired) electrons. The van der Waals surface area contributed by atoms with Crippen LogP contribution in [0.5, 0.6) is 0 Å². The molecule has 0 unspecified atom stereocenters. The molecular weight excluding hydrogens is 336 g/mol. The number of carbonyl (C=O) groups is 3. The first-order valence-corrected chi connectivity index (χ1v) is 8.37. The van der Waals surface area contributed by atoms with Gasteiger partial charge in [0.25, 0.3) is 5.91 Å². The molecule has 0 aliphatic carbocycles. The highest BCUT2D eigenvalue weighted by molar-refractivity contribution is 6.09. The zero-order valence-electron chi connectivity index (χ0n) is 14.5. The van der Waals surface area contributed by atoms with Gasteiger partial charge in [0.2, 0.25) is 17.8 Å². The Labute approximate surface area is 150 Å². The molecule has 9 heteroatoms. The number of aromatic nitrogens is 3. The maximum absolute atomic E-state index is 12.3. The highest BCUT2D eigenvalue weighted by atomic mass is 16.2. The number of anilines is 2. The van der Waals surface area contributed by atoms with Gasteiger partial charge in [0.05, 0.1) is 11.3 Å². The van der Waals surface area contributed by atoms with Gasteiger partial charge in [0.1, 0.15) is 11.9 Å². The molecule has 2 aromatic rings. The fourth-order valence-electron chi connectivity index (χ4n) is 2.57. The smallest absolute Gasteiger partial charge is 0.254 e. The van der Waals surface area contributed by atoms with E-state index in [2.05, 4.69) is 31.1 Å². The van der Waals surface area contributed by atoms with Crippen LogP contribution in [0.25, 0.3) is 0 Å². The third-order valence-electron chi connectivity index (χ3n) is 4.01. The van der Waals surface area contributed by atoms with Crippen molar-refractivity contribution in [1.82, 2.24) is 20.5 Å². The summed E-state index contributed by atoms with van der Waals surface area (Å²) < 4.78 is 0. The Morgan fingerprint density at radius 2 is 2.04 bits per heavy atom. The summed E-state index contributed by atoms with van der Waals surface area (Å²) in [4.78, 5) is 40.8. The summed E-state index contributed by atoms with van der Waals surface area (Å²) in [7, 11) is 0. The van der Waals surface area contributed by atoms with Crippen molar-refractivity contribution < 1.29 is 14.4 Å². The number of H-pyrrole nitrogens is 1. The second-order valence-corrected chi connectivity index (χ2v) is 6.35. The van der Waals surface area contributed by atoms with Crippen molar-refractivity contribution >= 4 is 29.4 Å². The Balaban J connectivity index is 1.58. The molecule has 3 amide bonds. The van der Waals surface area contributed by atoms with Crippen LogP contribution in [0.1, 0.15) is 48.8 Å². The van der Waals surface area contributed by atoms with Gasteiger partial charge in [-0.3, -0.25) is 24.8 Å². The van der Waals surface area contributed by atoms with Gasteiger partial charge < -0.3 is 10.6 Å². The zero-order valence-corrected chi connectivity index (χ0v) is 14.5. The van der Waals surface area contributed by atoms with E-state index in [9.17, 15) is 14.4 Å². The molecule has 9 nitrogen and oxygen atoms in total. The molecule has 0 saturated carbocycles. The van der Waals surface area contributed by atoms with E-state index in [1.54, 1.807) is 24.3 Å². The Morgan fingerprint density at radius 1 is 1.27 bits per heavy atom. The average molecular weight is 356 g/mol.